The fraction of sp³-hybridized carbons (Fsp3) is 0.182. The molecule has 3 aromatic rings. The zero-order valence-electron chi connectivity index (χ0n) is 13.6. The molecule has 0 N–H and O–H groups in total. The smallest absolute Gasteiger partial charge is 0.00132 e. The van der Waals surface area contributed by atoms with Gasteiger partial charge in [-0.15, -0.1) is 0 Å². The van der Waals surface area contributed by atoms with Crippen molar-refractivity contribution in [1.82, 2.24) is 0 Å². The van der Waals surface area contributed by atoms with Crippen LogP contribution >= 0.6 is 0 Å². The van der Waals surface area contributed by atoms with E-state index in [2.05, 4.69) is 68.1 Å². The molecule has 0 aliphatic heterocycles. The Bertz CT molecular complexity index is 853. The first kappa shape index (κ1) is 14.6. The summed E-state index contributed by atoms with van der Waals surface area (Å²) in [7, 11) is 0. The molecule has 0 atom stereocenters. The summed E-state index contributed by atoms with van der Waals surface area (Å²) in [6.07, 6.45) is 1.01. The molecule has 0 amide bonds. The average molecular weight is 286 g/mol. The lowest BCUT2D eigenvalue weighted by Crippen LogP contribution is -2.06. The zero-order valence-corrected chi connectivity index (χ0v) is 13.6. The Morgan fingerprint density at radius 2 is 1.64 bits per heavy atom. The summed E-state index contributed by atoms with van der Waals surface area (Å²) < 4.78 is 0. The molecule has 0 aromatic heterocycles. The molecule has 0 unspecified atom stereocenters. The number of hydrogen-bond donors (Lipinski definition) is 0. The number of benzene rings is 3. The van der Waals surface area contributed by atoms with Crippen molar-refractivity contribution in [2.45, 2.75) is 27.2 Å². The minimum atomic E-state index is 1.01. The monoisotopic (exact) mass is 286 g/mol. The normalized spacial score (nSPS) is 12.2. The fourth-order valence-electron chi connectivity index (χ4n) is 3.31. The molecule has 0 fully saturated rings. The molecule has 1 aliphatic carbocycles. The fourth-order valence-corrected chi connectivity index (χ4v) is 3.31. The highest BCUT2D eigenvalue weighted by atomic mass is 14.2. The Morgan fingerprint density at radius 1 is 0.864 bits per heavy atom. The van der Waals surface area contributed by atoms with E-state index in [1.54, 1.807) is 0 Å². The van der Waals surface area contributed by atoms with Crippen molar-refractivity contribution in [2.75, 3.05) is 0 Å². The lowest BCUT2D eigenvalue weighted by atomic mass is 9.80. The van der Waals surface area contributed by atoms with Gasteiger partial charge in [0.25, 0.3) is 0 Å². The van der Waals surface area contributed by atoms with Gasteiger partial charge in [-0.2, -0.15) is 0 Å². The molecule has 0 heterocycles. The molecule has 110 valence electrons. The third-order valence-corrected chi connectivity index (χ3v) is 4.29. The molecule has 0 nitrogen and oxygen atoms in total. The van der Waals surface area contributed by atoms with E-state index in [1.165, 1.54) is 38.6 Å². The first-order valence-electron chi connectivity index (χ1n) is 8.04. The summed E-state index contributed by atoms with van der Waals surface area (Å²) in [5.41, 5.74) is 7.88. The van der Waals surface area contributed by atoms with Crippen LogP contribution in [-0.2, 0) is 6.42 Å². The number of fused-ring (bicyclic) bond motifs is 4. The third kappa shape index (κ3) is 2.25. The quantitative estimate of drug-likeness (QED) is 0.364. The number of aryl methyl sites for hydroxylation is 1. The Labute approximate surface area is 133 Å². The van der Waals surface area contributed by atoms with Crippen molar-refractivity contribution < 1.29 is 0 Å². The van der Waals surface area contributed by atoms with E-state index < -0.39 is 0 Å². The molecule has 22 heavy (non-hydrogen) atoms. The highest BCUT2D eigenvalue weighted by Gasteiger charge is 2.20. The molecule has 0 radical (unpaired) electrons. The van der Waals surface area contributed by atoms with Crippen molar-refractivity contribution >= 4 is 16.3 Å². The average Bonchev–Trinajstić information content (AvgIpc) is 2.56. The van der Waals surface area contributed by atoms with Crippen LogP contribution in [0.3, 0.4) is 0 Å². The molecule has 0 heteroatoms. The maximum Gasteiger partial charge on any atom is -0.00132 e. The Balaban J connectivity index is 0.000000693. The van der Waals surface area contributed by atoms with Gasteiger partial charge in [0.05, 0.1) is 0 Å². The summed E-state index contributed by atoms with van der Waals surface area (Å²) in [6, 6.07) is 19.8. The molecule has 3 aromatic carbocycles. The summed E-state index contributed by atoms with van der Waals surface area (Å²) >= 11 is 0. The maximum atomic E-state index is 4.37. The second-order valence-corrected chi connectivity index (χ2v) is 5.64. The van der Waals surface area contributed by atoms with Gasteiger partial charge in [-0.3, -0.25) is 0 Å². The van der Waals surface area contributed by atoms with Crippen molar-refractivity contribution in [3.05, 3.63) is 89.0 Å². The highest BCUT2D eigenvalue weighted by molar-refractivity contribution is 6.00. The standard InChI is InChI=1S/C20H16.C2H6/c1-13-7-10-19-16(11-13)8-9-17-12-15-5-3-4-6-18(15)14(2)20(17)19;1-2/h3-11H,2,12H2,1H3;1-2H3. The SMILES string of the molecule is C=C1c2ccccc2Cc2ccc3cc(C)ccc3c21.CC. The lowest BCUT2D eigenvalue weighted by molar-refractivity contribution is 1.15. The van der Waals surface area contributed by atoms with Crippen molar-refractivity contribution in [1.29, 1.82) is 0 Å². The second-order valence-electron chi connectivity index (χ2n) is 5.64. The van der Waals surface area contributed by atoms with Crippen LogP contribution < -0.4 is 0 Å². The van der Waals surface area contributed by atoms with E-state index in [4.69, 9.17) is 0 Å². The maximum absolute atomic E-state index is 4.37. The van der Waals surface area contributed by atoms with Crippen molar-refractivity contribution in [2.24, 2.45) is 0 Å². The van der Waals surface area contributed by atoms with Gasteiger partial charge in [0.2, 0.25) is 0 Å². The predicted molar refractivity (Wildman–Crippen MR) is 97.4 cm³/mol. The highest BCUT2D eigenvalue weighted by Crippen LogP contribution is 2.38. The van der Waals surface area contributed by atoms with Crippen LogP contribution in [0.15, 0.2) is 61.2 Å². The van der Waals surface area contributed by atoms with Crippen LogP contribution in [0.5, 0.6) is 0 Å². The van der Waals surface area contributed by atoms with Gasteiger partial charge in [0.15, 0.2) is 0 Å². The Morgan fingerprint density at radius 3 is 2.45 bits per heavy atom. The van der Waals surface area contributed by atoms with Crippen LogP contribution in [0.2, 0.25) is 0 Å². The van der Waals surface area contributed by atoms with Gasteiger partial charge in [0.1, 0.15) is 0 Å². The molecule has 4 rings (SSSR count). The van der Waals surface area contributed by atoms with Crippen LogP contribution in [0, 0.1) is 6.92 Å². The van der Waals surface area contributed by atoms with E-state index in [-0.39, 0.29) is 0 Å². The first-order chi connectivity index (χ1) is 10.7. The summed E-state index contributed by atoms with van der Waals surface area (Å²) in [5, 5.41) is 2.64. The number of hydrogen-bond acceptors (Lipinski definition) is 0. The van der Waals surface area contributed by atoms with E-state index in [9.17, 15) is 0 Å². The lowest BCUT2D eigenvalue weighted by Gasteiger charge is -2.23. The molecule has 1 aliphatic rings. The summed E-state index contributed by atoms with van der Waals surface area (Å²) in [5.74, 6) is 0. The summed E-state index contributed by atoms with van der Waals surface area (Å²) in [6.45, 7) is 10.5. The van der Waals surface area contributed by atoms with Crippen LogP contribution in [-0.4, -0.2) is 0 Å². The minimum absolute atomic E-state index is 1.01. The second kappa shape index (κ2) is 5.81. The number of rotatable bonds is 0. The van der Waals surface area contributed by atoms with Gasteiger partial charge in [-0.1, -0.05) is 80.6 Å². The minimum Gasteiger partial charge on any atom is -0.0905 e. The van der Waals surface area contributed by atoms with Crippen LogP contribution in [0.25, 0.3) is 16.3 Å². The van der Waals surface area contributed by atoms with E-state index in [0.29, 0.717) is 0 Å². The summed E-state index contributed by atoms with van der Waals surface area (Å²) in [4.78, 5) is 0. The molecule has 0 saturated heterocycles. The van der Waals surface area contributed by atoms with Gasteiger partial charge >= 0.3 is 0 Å². The van der Waals surface area contributed by atoms with E-state index in [0.717, 1.165) is 12.0 Å². The first-order valence-corrected chi connectivity index (χ1v) is 8.04. The van der Waals surface area contributed by atoms with Crippen LogP contribution in [0.1, 0.15) is 41.7 Å². The topological polar surface area (TPSA) is 0 Å². The van der Waals surface area contributed by atoms with Crippen molar-refractivity contribution in [3.8, 4) is 0 Å². The van der Waals surface area contributed by atoms with Gasteiger partial charge in [0, 0.05) is 0 Å². The zero-order chi connectivity index (χ0) is 15.7. The predicted octanol–water partition coefficient (Wildman–Crippen LogP) is 6.14. The Hall–Kier alpha value is -2.34. The van der Waals surface area contributed by atoms with Gasteiger partial charge in [-0.25, -0.2) is 0 Å². The molecule has 0 spiro atoms. The Kier molecular flexibility index (Phi) is 3.85. The largest absolute Gasteiger partial charge is 0.0905 e. The van der Waals surface area contributed by atoms with E-state index >= 15 is 0 Å². The van der Waals surface area contributed by atoms with Gasteiger partial charge < -0.3 is 0 Å². The van der Waals surface area contributed by atoms with Crippen molar-refractivity contribution in [3.63, 3.8) is 0 Å². The third-order valence-electron chi connectivity index (χ3n) is 4.29. The van der Waals surface area contributed by atoms with Gasteiger partial charge in [-0.05, 0) is 51.9 Å². The molecular formula is C22H22. The molecule has 0 bridgehead atoms. The van der Waals surface area contributed by atoms with Crippen LogP contribution in [0.4, 0.5) is 0 Å². The molecule has 0 saturated carbocycles. The molecular weight excluding hydrogens is 264 g/mol. The van der Waals surface area contributed by atoms with E-state index in [1.807, 2.05) is 13.8 Å².